The molecule has 2 aromatic heterocycles. The molecule has 0 unspecified atom stereocenters. The topological polar surface area (TPSA) is 50.7 Å². The van der Waals surface area contributed by atoms with Crippen LogP contribution in [0.3, 0.4) is 0 Å². The van der Waals surface area contributed by atoms with Crippen LogP contribution in [-0.4, -0.2) is 15.0 Å². The maximum atomic E-state index is 4.74. The van der Waals surface area contributed by atoms with Gasteiger partial charge in [0.15, 0.2) is 5.16 Å². The number of nitrogens with zero attached hydrogens (tertiary/aromatic N) is 3. The van der Waals surface area contributed by atoms with E-state index in [0.29, 0.717) is 0 Å². The van der Waals surface area contributed by atoms with Crippen LogP contribution in [-0.2, 0) is 5.75 Å². The maximum absolute atomic E-state index is 4.74. The van der Waals surface area contributed by atoms with Crippen LogP contribution in [0, 0.1) is 0 Å². The third kappa shape index (κ3) is 4.03. The van der Waals surface area contributed by atoms with E-state index in [0.717, 1.165) is 43.5 Å². The second-order valence-electron chi connectivity index (χ2n) is 5.62. The molecule has 0 spiro atoms. The minimum Gasteiger partial charge on any atom is -0.340 e. The van der Waals surface area contributed by atoms with Crippen LogP contribution < -0.4 is 5.32 Å². The zero-order valence-electron chi connectivity index (χ0n) is 13.8. The number of fused-ring (bicyclic) bond motifs is 1. The fraction of sp³-hybridized carbons (Fsp3) is 0.0500. The number of hydrogen-bond donors (Lipinski definition) is 1. The van der Waals surface area contributed by atoms with E-state index in [4.69, 9.17) is 9.97 Å². The van der Waals surface area contributed by atoms with E-state index in [9.17, 15) is 0 Å². The van der Waals surface area contributed by atoms with Crippen molar-refractivity contribution in [3.63, 3.8) is 0 Å². The summed E-state index contributed by atoms with van der Waals surface area (Å²) in [5.74, 6) is 1.53. The van der Waals surface area contributed by atoms with Gasteiger partial charge in [-0.25, -0.2) is 9.97 Å². The van der Waals surface area contributed by atoms with Crippen molar-refractivity contribution in [3.8, 4) is 0 Å². The average molecular weight is 423 g/mol. The Labute approximate surface area is 164 Å². The van der Waals surface area contributed by atoms with Gasteiger partial charge in [-0.2, -0.15) is 0 Å². The first-order valence-electron chi connectivity index (χ1n) is 8.10. The summed E-state index contributed by atoms with van der Waals surface area (Å²) in [4.78, 5) is 13.8. The van der Waals surface area contributed by atoms with E-state index in [2.05, 4.69) is 26.2 Å². The smallest absolute Gasteiger partial charge is 0.190 e. The third-order valence-corrected chi connectivity index (χ3v) is 5.12. The lowest BCUT2D eigenvalue weighted by atomic mass is 10.2. The summed E-state index contributed by atoms with van der Waals surface area (Å²) in [7, 11) is 0. The van der Waals surface area contributed by atoms with E-state index in [-0.39, 0.29) is 0 Å². The number of anilines is 2. The van der Waals surface area contributed by atoms with E-state index in [1.807, 2.05) is 66.7 Å². The fourth-order valence-electron chi connectivity index (χ4n) is 2.52. The molecule has 0 bridgehead atoms. The second kappa shape index (κ2) is 7.85. The van der Waals surface area contributed by atoms with Gasteiger partial charge < -0.3 is 5.32 Å². The van der Waals surface area contributed by atoms with Crippen molar-refractivity contribution in [2.24, 2.45) is 0 Å². The highest BCUT2D eigenvalue weighted by Crippen LogP contribution is 2.30. The molecule has 0 saturated heterocycles. The van der Waals surface area contributed by atoms with Crippen LogP contribution >= 0.6 is 27.7 Å². The molecule has 0 aliphatic carbocycles. The Balaban J connectivity index is 1.69. The second-order valence-corrected chi connectivity index (χ2v) is 7.48. The zero-order chi connectivity index (χ0) is 17.8. The van der Waals surface area contributed by atoms with Gasteiger partial charge in [0.1, 0.15) is 5.82 Å². The van der Waals surface area contributed by atoms with Gasteiger partial charge in [-0.15, -0.1) is 0 Å². The molecule has 2 aromatic carbocycles. The number of halogens is 1. The Morgan fingerprint density at radius 3 is 2.58 bits per heavy atom. The summed E-state index contributed by atoms with van der Waals surface area (Å²) in [6.07, 6.45) is 1.80. The quantitative estimate of drug-likeness (QED) is 0.324. The molecule has 0 amide bonds. The first-order chi connectivity index (χ1) is 12.8. The maximum Gasteiger partial charge on any atom is 0.190 e. The lowest BCUT2D eigenvalue weighted by Gasteiger charge is -2.11. The van der Waals surface area contributed by atoms with Crippen molar-refractivity contribution in [2.75, 3.05) is 5.32 Å². The summed E-state index contributed by atoms with van der Waals surface area (Å²) >= 11 is 5.12. The van der Waals surface area contributed by atoms with Crippen molar-refractivity contribution in [2.45, 2.75) is 10.9 Å². The Bertz CT molecular complexity index is 1030. The number of pyridine rings is 1. The number of thioether (sulfide) groups is 1. The molecule has 0 aliphatic heterocycles. The fourth-order valence-corrected chi connectivity index (χ4v) is 3.65. The summed E-state index contributed by atoms with van der Waals surface area (Å²) in [6.45, 7) is 0. The molecule has 0 aliphatic rings. The lowest BCUT2D eigenvalue weighted by molar-refractivity contribution is 1.00. The van der Waals surface area contributed by atoms with Gasteiger partial charge in [-0.1, -0.05) is 52.0 Å². The van der Waals surface area contributed by atoms with Crippen LogP contribution in [0.15, 0.2) is 82.6 Å². The summed E-state index contributed by atoms with van der Waals surface area (Å²) < 4.78 is 0.999. The third-order valence-electron chi connectivity index (χ3n) is 3.75. The van der Waals surface area contributed by atoms with Crippen molar-refractivity contribution < 1.29 is 0 Å². The van der Waals surface area contributed by atoms with Crippen molar-refractivity contribution in [3.05, 3.63) is 83.1 Å². The molecular weight excluding hydrogens is 408 g/mol. The average Bonchev–Trinajstić information content (AvgIpc) is 2.68. The van der Waals surface area contributed by atoms with Gasteiger partial charge in [-0.05, 0) is 42.5 Å². The predicted octanol–water partition coefficient (Wildman–Crippen LogP) is 5.82. The summed E-state index contributed by atoms with van der Waals surface area (Å²) in [6, 6.07) is 22.0. The molecule has 6 heteroatoms. The SMILES string of the molecule is Brc1ccc2nc(SCc3ccccn3)nc(Nc3ccccc3)c2c1. The molecule has 0 saturated carbocycles. The van der Waals surface area contributed by atoms with Gasteiger partial charge in [0.05, 0.1) is 11.2 Å². The highest BCUT2D eigenvalue weighted by molar-refractivity contribution is 9.10. The largest absolute Gasteiger partial charge is 0.340 e. The van der Waals surface area contributed by atoms with E-state index in [1.54, 1.807) is 18.0 Å². The van der Waals surface area contributed by atoms with Crippen molar-refractivity contribution >= 4 is 50.1 Å². The first kappa shape index (κ1) is 17.0. The molecule has 0 radical (unpaired) electrons. The van der Waals surface area contributed by atoms with E-state index >= 15 is 0 Å². The Hall–Kier alpha value is -2.44. The molecule has 4 aromatic rings. The monoisotopic (exact) mass is 422 g/mol. The molecule has 2 heterocycles. The molecule has 4 nitrogen and oxygen atoms in total. The molecule has 128 valence electrons. The normalized spacial score (nSPS) is 10.8. The van der Waals surface area contributed by atoms with Crippen LogP contribution in [0.1, 0.15) is 5.69 Å². The predicted molar refractivity (Wildman–Crippen MR) is 111 cm³/mol. The number of rotatable bonds is 5. The summed E-state index contributed by atoms with van der Waals surface area (Å²) in [5, 5.41) is 5.11. The minimum atomic E-state index is 0.726. The number of para-hydroxylation sites is 1. The Kier molecular flexibility index (Phi) is 5.13. The van der Waals surface area contributed by atoms with Crippen molar-refractivity contribution in [1.29, 1.82) is 0 Å². The zero-order valence-corrected chi connectivity index (χ0v) is 16.2. The van der Waals surface area contributed by atoms with Crippen molar-refractivity contribution in [1.82, 2.24) is 15.0 Å². The number of hydrogen-bond acceptors (Lipinski definition) is 5. The highest BCUT2D eigenvalue weighted by atomic mass is 79.9. The number of nitrogens with one attached hydrogen (secondary N) is 1. The highest BCUT2D eigenvalue weighted by Gasteiger charge is 2.10. The molecule has 26 heavy (non-hydrogen) atoms. The molecule has 4 rings (SSSR count). The number of aromatic nitrogens is 3. The molecule has 0 fully saturated rings. The Morgan fingerprint density at radius 2 is 1.77 bits per heavy atom. The standard InChI is InChI=1S/C20H15BrN4S/c21-14-9-10-18-17(12-14)19(23-15-6-2-1-3-7-15)25-20(24-18)26-13-16-8-4-5-11-22-16/h1-12H,13H2,(H,23,24,25). The minimum absolute atomic E-state index is 0.726. The first-order valence-corrected chi connectivity index (χ1v) is 9.88. The number of benzene rings is 2. The van der Waals surface area contributed by atoms with Crippen LogP contribution in [0.4, 0.5) is 11.5 Å². The van der Waals surface area contributed by atoms with Gasteiger partial charge in [0.2, 0.25) is 0 Å². The molecule has 1 N–H and O–H groups in total. The Morgan fingerprint density at radius 1 is 0.923 bits per heavy atom. The van der Waals surface area contributed by atoms with E-state index < -0.39 is 0 Å². The van der Waals surface area contributed by atoms with Gasteiger partial charge in [0, 0.05) is 27.5 Å². The summed E-state index contributed by atoms with van der Waals surface area (Å²) in [5.41, 5.74) is 2.91. The molecular formula is C20H15BrN4S. The van der Waals surface area contributed by atoms with Gasteiger partial charge in [0.25, 0.3) is 0 Å². The van der Waals surface area contributed by atoms with Gasteiger partial charge in [-0.3, -0.25) is 4.98 Å². The van der Waals surface area contributed by atoms with Gasteiger partial charge >= 0.3 is 0 Å². The van der Waals surface area contributed by atoms with Crippen LogP contribution in [0.25, 0.3) is 10.9 Å². The van der Waals surface area contributed by atoms with E-state index in [1.165, 1.54) is 0 Å². The molecule has 0 atom stereocenters. The van der Waals surface area contributed by atoms with Crippen LogP contribution in [0.2, 0.25) is 0 Å². The lowest BCUT2D eigenvalue weighted by Crippen LogP contribution is -1.99. The van der Waals surface area contributed by atoms with Crippen LogP contribution in [0.5, 0.6) is 0 Å².